The summed E-state index contributed by atoms with van der Waals surface area (Å²) >= 11 is 1.53. The molecule has 0 saturated carbocycles. The van der Waals surface area contributed by atoms with Crippen LogP contribution in [0.3, 0.4) is 0 Å². The fraction of sp³-hybridized carbons (Fsp3) is 0.273. The lowest BCUT2D eigenvalue weighted by atomic mass is 10.1. The second-order valence-corrected chi connectivity index (χ2v) is 7.86. The average Bonchev–Trinajstić information content (AvgIpc) is 3.36. The maximum absolute atomic E-state index is 12.2. The number of hydrogen-bond acceptors (Lipinski definition) is 6. The van der Waals surface area contributed by atoms with E-state index in [0.29, 0.717) is 18.1 Å². The zero-order valence-electron chi connectivity index (χ0n) is 17.2. The summed E-state index contributed by atoms with van der Waals surface area (Å²) in [6.45, 7) is 4.54. The molecule has 3 aromatic heterocycles. The Morgan fingerprint density at radius 3 is 2.83 bits per heavy atom. The molecule has 30 heavy (non-hydrogen) atoms. The third-order valence-corrected chi connectivity index (χ3v) is 5.56. The molecule has 0 unspecified atom stereocenters. The van der Waals surface area contributed by atoms with Crippen LogP contribution in [0.2, 0.25) is 0 Å². The van der Waals surface area contributed by atoms with Gasteiger partial charge in [0.25, 0.3) is 5.91 Å². The Kier molecular flexibility index (Phi) is 5.76. The van der Waals surface area contributed by atoms with Gasteiger partial charge in [-0.25, -0.2) is 9.67 Å². The van der Waals surface area contributed by atoms with Crippen molar-refractivity contribution in [2.45, 2.75) is 20.3 Å². The van der Waals surface area contributed by atoms with Crippen molar-refractivity contribution in [3.8, 4) is 17.3 Å². The smallest absolute Gasteiger partial charge is 0.258 e. The van der Waals surface area contributed by atoms with Crippen LogP contribution >= 0.6 is 11.3 Å². The maximum atomic E-state index is 12.2. The van der Waals surface area contributed by atoms with E-state index in [9.17, 15) is 4.79 Å². The number of rotatable bonds is 7. The number of amides is 1. The van der Waals surface area contributed by atoms with Gasteiger partial charge in [0.15, 0.2) is 12.3 Å². The fourth-order valence-corrected chi connectivity index (χ4v) is 3.94. The molecule has 1 amide bonds. The van der Waals surface area contributed by atoms with Crippen LogP contribution in [0, 0.1) is 13.8 Å². The quantitative estimate of drug-likeness (QED) is 0.494. The lowest BCUT2D eigenvalue weighted by molar-refractivity contribution is -0.123. The summed E-state index contributed by atoms with van der Waals surface area (Å²) in [5.74, 6) is 0.234. The molecule has 4 aromatic rings. The van der Waals surface area contributed by atoms with Crippen molar-refractivity contribution in [1.82, 2.24) is 25.1 Å². The number of pyridine rings is 1. The van der Waals surface area contributed by atoms with Crippen LogP contribution in [0.4, 0.5) is 0 Å². The summed E-state index contributed by atoms with van der Waals surface area (Å²) in [7, 11) is 1.84. The predicted octanol–water partition coefficient (Wildman–Crippen LogP) is 3.45. The summed E-state index contributed by atoms with van der Waals surface area (Å²) in [6.07, 6.45) is 0.788. The van der Waals surface area contributed by atoms with Crippen molar-refractivity contribution < 1.29 is 9.53 Å². The highest BCUT2D eigenvalue weighted by Gasteiger charge is 2.17. The molecule has 1 aromatic carbocycles. The predicted molar refractivity (Wildman–Crippen MR) is 118 cm³/mol. The molecule has 0 fully saturated rings. The van der Waals surface area contributed by atoms with Gasteiger partial charge < -0.3 is 10.1 Å². The maximum Gasteiger partial charge on any atom is 0.258 e. The van der Waals surface area contributed by atoms with Gasteiger partial charge in [-0.05, 0) is 37.0 Å². The molecule has 0 bridgehead atoms. The Hall–Kier alpha value is -3.26. The highest BCUT2D eigenvalue weighted by molar-refractivity contribution is 7.07. The number of carbonyl (C=O) groups excluding carboxylic acids is 1. The Morgan fingerprint density at radius 1 is 1.23 bits per heavy atom. The first-order valence-electron chi connectivity index (χ1n) is 9.70. The number of fused-ring (bicyclic) bond motifs is 1. The van der Waals surface area contributed by atoms with Gasteiger partial charge in [0.05, 0.1) is 10.9 Å². The molecule has 0 radical (unpaired) electrons. The molecule has 8 heteroatoms. The van der Waals surface area contributed by atoms with Crippen molar-refractivity contribution in [3.05, 3.63) is 57.9 Å². The van der Waals surface area contributed by atoms with E-state index in [2.05, 4.69) is 39.4 Å². The molecular weight excluding hydrogens is 398 g/mol. The van der Waals surface area contributed by atoms with Crippen LogP contribution < -0.4 is 10.1 Å². The van der Waals surface area contributed by atoms with Crippen LogP contribution in [0.25, 0.3) is 22.4 Å². The van der Waals surface area contributed by atoms with Crippen LogP contribution in [-0.2, 0) is 18.3 Å². The van der Waals surface area contributed by atoms with E-state index >= 15 is 0 Å². The van der Waals surface area contributed by atoms with Gasteiger partial charge in [-0.15, -0.1) is 11.3 Å². The summed E-state index contributed by atoms with van der Waals surface area (Å²) < 4.78 is 7.37. The summed E-state index contributed by atoms with van der Waals surface area (Å²) in [5, 5.41) is 10.4. The minimum Gasteiger partial charge on any atom is -0.468 e. The van der Waals surface area contributed by atoms with Crippen molar-refractivity contribution in [3.63, 3.8) is 0 Å². The Labute approximate surface area is 178 Å². The average molecular weight is 422 g/mol. The normalized spacial score (nSPS) is 11.0. The molecular formula is C22H23N5O2S. The molecule has 0 aliphatic rings. The minimum absolute atomic E-state index is 0.0808. The number of nitrogens with one attached hydrogen (secondary N) is 1. The molecule has 0 spiro atoms. The number of thiazole rings is 1. The van der Waals surface area contributed by atoms with Crippen molar-refractivity contribution >= 4 is 28.3 Å². The van der Waals surface area contributed by atoms with Gasteiger partial charge >= 0.3 is 0 Å². The number of benzene rings is 1. The standard InChI is InChI=1S/C22H23N5O2S/c1-14-6-4-5-7-16(14)8-9-23-18(28)11-29-19-10-15(2)20-21(17-12-30-13-24-17)26-27(3)22(20)25-19/h4-7,10,12-13H,8-9,11H2,1-3H3,(H,23,28). The highest BCUT2D eigenvalue weighted by atomic mass is 32.1. The number of aryl methyl sites for hydroxylation is 3. The van der Waals surface area contributed by atoms with Gasteiger partial charge in [-0.1, -0.05) is 24.3 Å². The molecule has 4 rings (SSSR count). The second-order valence-electron chi connectivity index (χ2n) is 7.14. The number of nitrogens with zero attached hydrogens (tertiary/aromatic N) is 4. The van der Waals surface area contributed by atoms with Gasteiger partial charge in [0.1, 0.15) is 11.4 Å². The summed E-state index contributed by atoms with van der Waals surface area (Å²) in [5.41, 5.74) is 7.56. The lowest BCUT2D eigenvalue weighted by Gasteiger charge is -2.09. The monoisotopic (exact) mass is 421 g/mol. The fourth-order valence-electron chi connectivity index (χ4n) is 3.40. The highest BCUT2D eigenvalue weighted by Crippen LogP contribution is 2.30. The Morgan fingerprint density at radius 2 is 2.07 bits per heavy atom. The Bertz CT molecular complexity index is 1180. The van der Waals surface area contributed by atoms with Crippen LogP contribution in [0.1, 0.15) is 16.7 Å². The molecule has 7 nitrogen and oxygen atoms in total. The Balaban J connectivity index is 1.40. The summed E-state index contributed by atoms with van der Waals surface area (Å²) in [6, 6.07) is 10.0. The van der Waals surface area contributed by atoms with E-state index in [1.807, 2.05) is 37.6 Å². The second kappa shape index (κ2) is 8.62. The third kappa shape index (κ3) is 4.18. The molecule has 0 aliphatic heterocycles. The molecule has 0 atom stereocenters. The first-order chi connectivity index (χ1) is 14.5. The van der Waals surface area contributed by atoms with E-state index in [1.165, 1.54) is 22.5 Å². The van der Waals surface area contributed by atoms with Gasteiger partial charge in [-0.3, -0.25) is 4.79 Å². The van der Waals surface area contributed by atoms with E-state index in [-0.39, 0.29) is 12.5 Å². The third-order valence-electron chi connectivity index (χ3n) is 4.97. The first kappa shape index (κ1) is 20.0. The lowest BCUT2D eigenvalue weighted by Crippen LogP contribution is -2.30. The number of carbonyl (C=O) groups is 1. The zero-order chi connectivity index (χ0) is 21.1. The van der Waals surface area contributed by atoms with Gasteiger partial charge in [-0.2, -0.15) is 10.1 Å². The van der Waals surface area contributed by atoms with Crippen molar-refractivity contribution in [2.75, 3.05) is 13.2 Å². The molecule has 3 heterocycles. The van der Waals surface area contributed by atoms with E-state index in [1.54, 1.807) is 10.2 Å². The molecule has 0 aliphatic carbocycles. The van der Waals surface area contributed by atoms with E-state index in [4.69, 9.17) is 4.74 Å². The molecule has 0 saturated heterocycles. The van der Waals surface area contributed by atoms with Crippen LogP contribution in [0.15, 0.2) is 41.2 Å². The number of aromatic nitrogens is 4. The van der Waals surface area contributed by atoms with Gasteiger partial charge in [0, 0.05) is 25.0 Å². The topological polar surface area (TPSA) is 81.9 Å². The number of ether oxygens (including phenoxy) is 1. The molecule has 1 N–H and O–H groups in total. The SMILES string of the molecule is Cc1ccccc1CCNC(=O)COc1cc(C)c2c(-c3cscn3)nn(C)c2n1. The number of hydrogen-bond donors (Lipinski definition) is 1. The zero-order valence-corrected chi connectivity index (χ0v) is 18.0. The summed E-state index contributed by atoms with van der Waals surface area (Å²) in [4.78, 5) is 21.1. The van der Waals surface area contributed by atoms with Gasteiger partial charge in [0.2, 0.25) is 5.88 Å². The molecule has 154 valence electrons. The van der Waals surface area contributed by atoms with Crippen molar-refractivity contribution in [2.24, 2.45) is 7.05 Å². The minimum atomic E-state index is -0.170. The van der Waals surface area contributed by atoms with E-state index < -0.39 is 0 Å². The van der Waals surface area contributed by atoms with Crippen LogP contribution in [0.5, 0.6) is 5.88 Å². The van der Waals surface area contributed by atoms with Crippen LogP contribution in [-0.4, -0.2) is 38.8 Å². The largest absolute Gasteiger partial charge is 0.468 e. The van der Waals surface area contributed by atoms with Crippen molar-refractivity contribution in [1.29, 1.82) is 0 Å². The first-order valence-corrected chi connectivity index (χ1v) is 10.6. The van der Waals surface area contributed by atoms with E-state index in [0.717, 1.165) is 28.8 Å².